The van der Waals surface area contributed by atoms with Crippen molar-refractivity contribution in [2.45, 2.75) is 25.9 Å². The number of rotatable bonds is 2. The van der Waals surface area contributed by atoms with Crippen LogP contribution in [0.15, 0.2) is 18.2 Å². The number of amides is 1. The van der Waals surface area contributed by atoms with Gasteiger partial charge in [0.2, 0.25) is 5.91 Å². The molecule has 2 rings (SSSR count). The van der Waals surface area contributed by atoms with Gasteiger partial charge in [0.05, 0.1) is 12.1 Å². The van der Waals surface area contributed by atoms with Crippen LogP contribution in [0.3, 0.4) is 0 Å². The molecule has 0 aromatic heterocycles. The molecule has 6 heteroatoms. The van der Waals surface area contributed by atoms with Crippen LogP contribution in [0.25, 0.3) is 4.85 Å². The number of carbonyl (C=O) groups excluding carboxylic acids is 1. The molecule has 0 saturated heterocycles. The van der Waals surface area contributed by atoms with Gasteiger partial charge in [0.1, 0.15) is 0 Å². The smallest absolute Gasteiger partial charge is 0.326 e. The quantitative estimate of drug-likeness (QED) is 0.808. The van der Waals surface area contributed by atoms with Crippen molar-refractivity contribution in [1.29, 1.82) is 0 Å². The zero-order valence-corrected chi connectivity index (χ0v) is 10.1. The SMILES string of the molecule is [C-]#[N+]c1ccc(NC(=O)C2(C)CC2)cc1C(F)(F)F. The second-order valence-corrected chi connectivity index (χ2v) is 4.86. The van der Waals surface area contributed by atoms with Crippen LogP contribution in [0, 0.1) is 12.0 Å². The van der Waals surface area contributed by atoms with E-state index in [0.717, 1.165) is 25.0 Å². The van der Waals surface area contributed by atoms with Crippen molar-refractivity contribution >= 4 is 17.3 Å². The first-order valence-electron chi connectivity index (χ1n) is 5.66. The lowest BCUT2D eigenvalue weighted by Crippen LogP contribution is -2.21. The van der Waals surface area contributed by atoms with Gasteiger partial charge in [0.15, 0.2) is 5.69 Å². The highest BCUT2D eigenvalue weighted by Crippen LogP contribution is 2.46. The molecule has 1 saturated carbocycles. The lowest BCUT2D eigenvalue weighted by Gasteiger charge is -2.13. The molecule has 0 heterocycles. The van der Waals surface area contributed by atoms with Crippen molar-refractivity contribution in [3.05, 3.63) is 35.2 Å². The van der Waals surface area contributed by atoms with Crippen LogP contribution in [0.1, 0.15) is 25.3 Å². The highest BCUT2D eigenvalue weighted by molar-refractivity contribution is 5.97. The average molecular weight is 268 g/mol. The minimum atomic E-state index is -4.61. The molecule has 1 amide bonds. The van der Waals surface area contributed by atoms with E-state index in [9.17, 15) is 18.0 Å². The van der Waals surface area contributed by atoms with E-state index < -0.39 is 22.8 Å². The molecule has 3 nitrogen and oxygen atoms in total. The molecule has 0 radical (unpaired) electrons. The van der Waals surface area contributed by atoms with Crippen LogP contribution in [0.5, 0.6) is 0 Å². The molecule has 100 valence electrons. The van der Waals surface area contributed by atoms with E-state index in [-0.39, 0.29) is 11.6 Å². The Morgan fingerprint density at radius 1 is 1.42 bits per heavy atom. The third kappa shape index (κ3) is 2.70. The summed E-state index contributed by atoms with van der Waals surface area (Å²) in [6, 6.07) is 3.18. The molecule has 1 fully saturated rings. The summed E-state index contributed by atoms with van der Waals surface area (Å²) in [5.41, 5.74) is -1.89. The fourth-order valence-electron chi connectivity index (χ4n) is 1.63. The monoisotopic (exact) mass is 268 g/mol. The Labute approximate surface area is 108 Å². The Balaban J connectivity index is 2.29. The zero-order chi connectivity index (χ0) is 14.3. The zero-order valence-electron chi connectivity index (χ0n) is 10.1. The van der Waals surface area contributed by atoms with Gasteiger partial charge >= 0.3 is 6.18 Å². The minimum Gasteiger partial charge on any atom is -0.326 e. The Kier molecular flexibility index (Phi) is 3.01. The largest absolute Gasteiger partial charge is 0.407 e. The van der Waals surface area contributed by atoms with E-state index in [1.54, 1.807) is 6.92 Å². The number of hydrogen-bond donors (Lipinski definition) is 1. The first kappa shape index (κ1) is 13.4. The summed E-state index contributed by atoms with van der Waals surface area (Å²) in [6.45, 7) is 8.49. The van der Waals surface area contributed by atoms with Gasteiger partial charge in [-0.1, -0.05) is 13.0 Å². The Bertz CT molecular complexity index is 568. The van der Waals surface area contributed by atoms with Gasteiger partial charge in [-0.15, -0.1) is 0 Å². The maximum atomic E-state index is 12.7. The van der Waals surface area contributed by atoms with Crippen LogP contribution in [-0.2, 0) is 11.0 Å². The second-order valence-electron chi connectivity index (χ2n) is 4.86. The van der Waals surface area contributed by atoms with Gasteiger partial charge in [0.25, 0.3) is 0 Å². The normalized spacial score (nSPS) is 16.6. The molecule has 19 heavy (non-hydrogen) atoms. The molecule has 1 aliphatic rings. The fraction of sp³-hybridized carbons (Fsp3) is 0.385. The van der Waals surface area contributed by atoms with Gasteiger partial charge in [0, 0.05) is 11.1 Å². The number of alkyl halides is 3. The maximum Gasteiger partial charge on any atom is 0.407 e. The average Bonchev–Trinajstić information content (AvgIpc) is 3.07. The van der Waals surface area contributed by atoms with Crippen LogP contribution < -0.4 is 5.32 Å². The van der Waals surface area contributed by atoms with Crippen molar-refractivity contribution < 1.29 is 18.0 Å². The molecule has 1 aromatic rings. The summed E-state index contributed by atoms with van der Waals surface area (Å²) < 4.78 is 38.2. The molecule has 1 aromatic carbocycles. The number of halogens is 3. The van der Waals surface area contributed by atoms with Crippen molar-refractivity contribution in [3.63, 3.8) is 0 Å². The predicted molar refractivity (Wildman–Crippen MR) is 63.7 cm³/mol. The van der Waals surface area contributed by atoms with E-state index in [2.05, 4.69) is 10.2 Å². The topological polar surface area (TPSA) is 33.5 Å². The number of hydrogen-bond acceptors (Lipinski definition) is 1. The Hall–Kier alpha value is -2.03. The van der Waals surface area contributed by atoms with E-state index >= 15 is 0 Å². The number of benzene rings is 1. The number of nitrogens with zero attached hydrogens (tertiary/aromatic N) is 1. The maximum absolute atomic E-state index is 12.7. The van der Waals surface area contributed by atoms with Gasteiger partial charge in [-0.3, -0.25) is 4.79 Å². The van der Waals surface area contributed by atoms with Crippen molar-refractivity contribution in [3.8, 4) is 0 Å². The van der Waals surface area contributed by atoms with Gasteiger partial charge in [-0.25, -0.2) is 4.85 Å². The molecular formula is C13H11F3N2O. The van der Waals surface area contributed by atoms with E-state index in [1.807, 2.05) is 0 Å². The Morgan fingerprint density at radius 2 is 2.05 bits per heavy atom. The summed E-state index contributed by atoms with van der Waals surface area (Å²) in [5, 5.41) is 2.47. The third-order valence-corrected chi connectivity index (χ3v) is 3.23. The highest BCUT2D eigenvalue weighted by Gasteiger charge is 2.45. The van der Waals surface area contributed by atoms with E-state index in [0.29, 0.717) is 0 Å². The molecule has 0 aliphatic heterocycles. The fourth-order valence-corrected chi connectivity index (χ4v) is 1.63. The molecular weight excluding hydrogens is 257 g/mol. The molecule has 0 bridgehead atoms. The molecule has 1 aliphatic carbocycles. The lowest BCUT2D eigenvalue weighted by molar-refractivity contribution is -0.136. The van der Waals surface area contributed by atoms with Crippen LogP contribution >= 0.6 is 0 Å². The summed E-state index contributed by atoms with van der Waals surface area (Å²) >= 11 is 0. The van der Waals surface area contributed by atoms with Crippen LogP contribution in [-0.4, -0.2) is 5.91 Å². The highest BCUT2D eigenvalue weighted by atomic mass is 19.4. The van der Waals surface area contributed by atoms with Crippen molar-refractivity contribution in [2.75, 3.05) is 5.32 Å². The molecule has 1 N–H and O–H groups in total. The third-order valence-electron chi connectivity index (χ3n) is 3.23. The number of carbonyl (C=O) groups is 1. The summed E-state index contributed by atoms with van der Waals surface area (Å²) in [4.78, 5) is 14.6. The first-order valence-corrected chi connectivity index (χ1v) is 5.66. The second kappa shape index (κ2) is 4.26. The predicted octanol–water partition coefficient (Wildman–Crippen LogP) is 3.99. The van der Waals surface area contributed by atoms with Crippen LogP contribution in [0.2, 0.25) is 0 Å². The minimum absolute atomic E-state index is 0.0675. The van der Waals surface area contributed by atoms with Crippen molar-refractivity contribution in [1.82, 2.24) is 0 Å². The first-order chi connectivity index (χ1) is 8.76. The summed E-state index contributed by atoms with van der Waals surface area (Å²) in [6.07, 6.45) is -3.12. The standard InChI is InChI=1S/C13H11F3N2O/c1-12(5-6-12)11(19)18-8-3-4-10(17-2)9(7-8)13(14,15)16/h3-4,7H,5-6H2,1H3,(H,18,19). The molecule has 0 unspecified atom stereocenters. The Morgan fingerprint density at radius 3 is 2.53 bits per heavy atom. The van der Waals surface area contributed by atoms with E-state index in [4.69, 9.17) is 6.57 Å². The van der Waals surface area contributed by atoms with Crippen LogP contribution in [0.4, 0.5) is 24.5 Å². The van der Waals surface area contributed by atoms with Gasteiger partial charge in [-0.05, 0) is 25.0 Å². The number of nitrogens with one attached hydrogen (secondary N) is 1. The van der Waals surface area contributed by atoms with Crippen molar-refractivity contribution in [2.24, 2.45) is 5.41 Å². The van der Waals surface area contributed by atoms with Gasteiger partial charge < -0.3 is 5.32 Å². The van der Waals surface area contributed by atoms with Gasteiger partial charge in [-0.2, -0.15) is 13.2 Å². The summed E-state index contributed by atoms with van der Waals surface area (Å²) in [5.74, 6) is -0.281. The molecule has 0 spiro atoms. The number of anilines is 1. The lowest BCUT2D eigenvalue weighted by atomic mass is 10.1. The summed E-state index contributed by atoms with van der Waals surface area (Å²) in [7, 11) is 0. The molecule has 0 atom stereocenters. The van der Waals surface area contributed by atoms with E-state index in [1.165, 1.54) is 6.07 Å².